The van der Waals surface area contributed by atoms with Crippen molar-refractivity contribution < 1.29 is 13.2 Å². The first kappa shape index (κ1) is 15.1. The highest BCUT2D eigenvalue weighted by molar-refractivity contribution is 7.91. The van der Waals surface area contributed by atoms with Crippen LogP contribution in [-0.2, 0) is 21.4 Å². The number of carbonyl (C=O) groups is 1. The van der Waals surface area contributed by atoms with Gasteiger partial charge in [-0.1, -0.05) is 0 Å². The molecule has 0 fully saturated rings. The third-order valence-electron chi connectivity index (χ3n) is 2.14. The van der Waals surface area contributed by atoms with Gasteiger partial charge in [0, 0.05) is 17.3 Å². The first-order valence-corrected chi connectivity index (χ1v) is 7.69. The van der Waals surface area contributed by atoms with Gasteiger partial charge in [0.25, 0.3) is 0 Å². The van der Waals surface area contributed by atoms with E-state index in [-0.39, 0.29) is 22.6 Å². The molecule has 1 rings (SSSR count). The van der Waals surface area contributed by atoms with Gasteiger partial charge in [-0.25, -0.2) is 13.1 Å². The van der Waals surface area contributed by atoms with Crippen LogP contribution in [0.5, 0.6) is 0 Å². The summed E-state index contributed by atoms with van der Waals surface area (Å²) in [6.45, 7) is 2.07. The van der Waals surface area contributed by atoms with Gasteiger partial charge in [0.15, 0.2) is 0 Å². The van der Waals surface area contributed by atoms with E-state index >= 15 is 0 Å². The van der Waals surface area contributed by atoms with Crippen molar-refractivity contribution in [1.29, 1.82) is 0 Å². The van der Waals surface area contributed by atoms with Crippen LogP contribution in [0, 0.1) is 0 Å². The van der Waals surface area contributed by atoms with E-state index in [1.54, 1.807) is 13.0 Å². The van der Waals surface area contributed by atoms with Crippen molar-refractivity contribution in [3.8, 4) is 0 Å². The van der Waals surface area contributed by atoms with Crippen molar-refractivity contribution in [2.45, 2.75) is 30.1 Å². The zero-order valence-electron chi connectivity index (χ0n) is 10.3. The summed E-state index contributed by atoms with van der Waals surface area (Å²) in [6.07, 6.45) is 0.257. The van der Waals surface area contributed by atoms with Crippen LogP contribution in [0.2, 0.25) is 0 Å². The Kier molecular flexibility index (Phi) is 5.27. The lowest BCUT2D eigenvalue weighted by Gasteiger charge is -2.05. The topological polar surface area (TPSA) is 101 Å². The first-order chi connectivity index (χ1) is 8.35. The third-order valence-corrected chi connectivity index (χ3v) is 5.13. The molecule has 0 aliphatic rings. The van der Waals surface area contributed by atoms with Crippen molar-refractivity contribution in [3.63, 3.8) is 0 Å². The highest BCUT2D eigenvalue weighted by Crippen LogP contribution is 2.20. The molecule has 0 aromatic carbocycles. The van der Waals surface area contributed by atoms with E-state index in [9.17, 15) is 13.2 Å². The second-order valence-electron chi connectivity index (χ2n) is 3.89. The van der Waals surface area contributed by atoms with Crippen LogP contribution in [0.4, 0.5) is 0 Å². The molecule has 6 nitrogen and oxygen atoms in total. The van der Waals surface area contributed by atoms with Gasteiger partial charge in [-0.05, 0) is 26.1 Å². The smallest absolute Gasteiger partial charge is 0.249 e. The largest absolute Gasteiger partial charge is 0.351 e. The molecule has 1 aromatic heterocycles. The number of nitrogens with one attached hydrogen (secondary N) is 2. The predicted octanol–water partition coefficient (Wildman–Crippen LogP) is 0.00970. The number of hydrogen-bond donors (Lipinski definition) is 3. The molecule has 0 bridgehead atoms. The number of sulfonamides is 1. The average Bonchev–Trinajstić information content (AvgIpc) is 2.74. The van der Waals surface area contributed by atoms with Gasteiger partial charge in [0.1, 0.15) is 4.21 Å². The van der Waals surface area contributed by atoms with Crippen LogP contribution in [-0.4, -0.2) is 27.4 Å². The molecule has 18 heavy (non-hydrogen) atoms. The molecule has 0 aliphatic carbocycles. The maximum Gasteiger partial charge on any atom is 0.249 e. The molecular formula is C10H17N3O3S2. The van der Waals surface area contributed by atoms with Crippen LogP contribution in [0.1, 0.15) is 18.2 Å². The quantitative estimate of drug-likeness (QED) is 0.687. The fourth-order valence-corrected chi connectivity index (χ4v) is 3.38. The standard InChI is InChI=1S/C10H17N3O3S2/c1-7(11)5-9(14)13-6-8-3-4-10(17-8)18(15,16)12-2/h3-4,7,12H,5-6,11H2,1-2H3,(H,13,14). The third kappa shape index (κ3) is 4.37. The van der Waals surface area contributed by atoms with Crippen molar-refractivity contribution >= 4 is 27.3 Å². The fourth-order valence-electron chi connectivity index (χ4n) is 1.25. The summed E-state index contributed by atoms with van der Waals surface area (Å²) in [5.41, 5.74) is 5.50. The number of thiophene rings is 1. The molecule has 0 spiro atoms. The summed E-state index contributed by atoms with van der Waals surface area (Å²) in [5, 5.41) is 2.69. The zero-order valence-corrected chi connectivity index (χ0v) is 11.9. The predicted molar refractivity (Wildman–Crippen MR) is 70.7 cm³/mol. The fraction of sp³-hybridized carbons (Fsp3) is 0.500. The second-order valence-corrected chi connectivity index (χ2v) is 7.17. The number of hydrogen-bond acceptors (Lipinski definition) is 5. The molecule has 0 radical (unpaired) electrons. The van der Waals surface area contributed by atoms with Crippen LogP contribution in [0.25, 0.3) is 0 Å². The van der Waals surface area contributed by atoms with Gasteiger partial charge in [-0.2, -0.15) is 0 Å². The van der Waals surface area contributed by atoms with Gasteiger partial charge in [-0.15, -0.1) is 11.3 Å². The molecule has 1 amide bonds. The summed E-state index contributed by atoms with van der Waals surface area (Å²) in [7, 11) is -2.04. The van der Waals surface area contributed by atoms with Crippen molar-refractivity contribution in [2.75, 3.05) is 7.05 Å². The van der Waals surface area contributed by atoms with Crippen LogP contribution in [0.3, 0.4) is 0 Å². The molecule has 1 atom stereocenters. The highest BCUT2D eigenvalue weighted by Gasteiger charge is 2.14. The molecule has 102 valence electrons. The summed E-state index contributed by atoms with van der Waals surface area (Å²) >= 11 is 1.13. The molecule has 4 N–H and O–H groups in total. The highest BCUT2D eigenvalue weighted by atomic mass is 32.2. The second kappa shape index (κ2) is 6.28. The minimum Gasteiger partial charge on any atom is -0.351 e. The number of carbonyl (C=O) groups excluding carboxylic acids is 1. The Hall–Kier alpha value is -0.960. The molecule has 1 unspecified atom stereocenters. The Balaban J connectivity index is 2.58. The Morgan fingerprint density at radius 1 is 1.50 bits per heavy atom. The Labute approximate surface area is 111 Å². The normalized spacial score (nSPS) is 13.3. The van der Waals surface area contributed by atoms with E-state index in [0.29, 0.717) is 6.54 Å². The van der Waals surface area contributed by atoms with Crippen molar-refractivity contribution in [3.05, 3.63) is 17.0 Å². The Bertz CT molecular complexity index is 508. The average molecular weight is 291 g/mol. The van der Waals surface area contributed by atoms with E-state index in [1.807, 2.05) is 0 Å². The molecule has 8 heteroatoms. The molecule has 0 aliphatic heterocycles. The van der Waals surface area contributed by atoms with Crippen LogP contribution < -0.4 is 15.8 Å². The van der Waals surface area contributed by atoms with E-state index in [1.165, 1.54) is 13.1 Å². The zero-order chi connectivity index (χ0) is 13.8. The molecule has 1 aromatic rings. The maximum absolute atomic E-state index is 11.5. The first-order valence-electron chi connectivity index (χ1n) is 5.39. The summed E-state index contributed by atoms with van der Waals surface area (Å²) in [5.74, 6) is -0.142. The summed E-state index contributed by atoms with van der Waals surface area (Å²) < 4.78 is 25.5. The van der Waals surface area contributed by atoms with Gasteiger partial charge < -0.3 is 11.1 Å². The van der Waals surface area contributed by atoms with Crippen LogP contribution in [0.15, 0.2) is 16.3 Å². The molecular weight excluding hydrogens is 274 g/mol. The van der Waals surface area contributed by atoms with Gasteiger partial charge in [0.2, 0.25) is 15.9 Å². The Morgan fingerprint density at radius 2 is 2.17 bits per heavy atom. The van der Waals surface area contributed by atoms with E-state index in [4.69, 9.17) is 5.73 Å². The summed E-state index contributed by atoms with van der Waals surface area (Å²) in [4.78, 5) is 12.1. The minimum atomic E-state index is -3.40. The van der Waals surface area contributed by atoms with Gasteiger partial charge in [-0.3, -0.25) is 4.79 Å². The number of rotatable bonds is 6. The summed E-state index contributed by atoms with van der Waals surface area (Å²) in [6, 6.07) is 3.01. The molecule has 1 heterocycles. The number of amides is 1. The van der Waals surface area contributed by atoms with E-state index in [2.05, 4.69) is 10.0 Å². The maximum atomic E-state index is 11.5. The minimum absolute atomic E-state index is 0.142. The van der Waals surface area contributed by atoms with Gasteiger partial charge >= 0.3 is 0 Å². The molecule has 0 saturated carbocycles. The molecule has 0 saturated heterocycles. The van der Waals surface area contributed by atoms with Crippen molar-refractivity contribution in [2.24, 2.45) is 5.73 Å². The lowest BCUT2D eigenvalue weighted by Crippen LogP contribution is -2.29. The van der Waals surface area contributed by atoms with Crippen molar-refractivity contribution in [1.82, 2.24) is 10.0 Å². The SMILES string of the molecule is CNS(=O)(=O)c1ccc(CNC(=O)CC(C)N)s1. The van der Waals surface area contributed by atoms with Crippen LogP contribution >= 0.6 is 11.3 Å². The lowest BCUT2D eigenvalue weighted by atomic mass is 10.2. The Morgan fingerprint density at radius 3 is 2.72 bits per heavy atom. The van der Waals surface area contributed by atoms with Gasteiger partial charge in [0.05, 0.1) is 6.54 Å². The van der Waals surface area contributed by atoms with E-state index in [0.717, 1.165) is 16.2 Å². The lowest BCUT2D eigenvalue weighted by molar-refractivity contribution is -0.121. The number of nitrogens with two attached hydrogens (primary N) is 1. The monoisotopic (exact) mass is 291 g/mol. The van der Waals surface area contributed by atoms with E-state index < -0.39 is 10.0 Å².